The Balaban J connectivity index is 1.71. The minimum Gasteiger partial charge on any atom is -0.451 e. The Kier molecular flexibility index (Phi) is 6.49. The number of fused-ring (bicyclic) bond motifs is 1. The number of hydrogen-bond acceptors (Lipinski definition) is 5. The number of likely N-dealkylation sites (N-methyl/N-ethyl adjacent to an activating group) is 1. The van der Waals surface area contributed by atoms with E-state index in [9.17, 15) is 9.59 Å². The third-order valence-electron chi connectivity index (χ3n) is 4.51. The van der Waals surface area contributed by atoms with Crippen molar-refractivity contribution in [1.29, 1.82) is 0 Å². The summed E-state index contributed by atoms with van der Waals surface area (Å²) in [6.45, 7) is 10.9. The summed E-state index contributed by atoms with van der Waals surface area (Å²) >= 11 is 1.34. The van der Waals surface area contributed by atoms with Crippen LogP contribution in [0.4, 0.5) is 0 Å². The standard InChI is InChI=1S/C22H25N3O3S/c1-5-24(12-15(2)3)20(26)14-28-22(27)19-11-18-16(4)23-25(21(18)29-19)13-17-9-7-6-8-10-17/h6-11H,2,5,12-14H2,1,3-4H3. The van der Waals surface area contributed by atoms with Crippen LogP contribution in [0.3, 0.4) is 0 Å². The number of hydrogen-bond donors (Lipinski definition) is 0. The van der Waals surface area contributed by atoms with Crippen LogP contribution in [0.25, 0.3) is 10.2 Å². The molecule has 0 saturated carbocycles. The number of esters is 1. The molecule has 6 nitrogen and oxygen atoms in total. The summed E-state index contributed by atoms with van der Waals surface area (Å²) < 4.78 is 7.17. The molecule has 2 aromatic heterocycles. The van der Waals surface area contributed by atoms with Gasteiger partial charge in [0.15, 0.2) is 6.61 Å². The highest BCUT2D eigenvalue weighted by atomic mass is 32.1. The smallest absolute Gasteiger partial charge is 0.348 e. The largest absolute Gasteiger partial charge is 0.451 e. The molecule has 1 amide bonds. The number of thiophene rings is 1. The van der Waals surface area contributed by atoms with Gasteiger partial charge in [-0.05, 0) is 32.4 Å². The molecule has 0 spiro atoms. The van der Waals surface area contributed by atoms with E-state index in [2.05, 4.69) is 11.7 Å². The lowest BCUT2D eigenvalue weighted by molar-refractivity contribution is -0.133. The molecule has 0 fully saturated rings. The zero-order valence-electron chi connectivity index (χ0n) is 17.0. The monoisotopic (exact) mass is 411 g/mol. The number of aryl methyl sites for hydroxylation is 1. The Morgan fingerprint density at radius 2 is 2.00 bits per heavy atom. The first-order valence-electron chi connectivity index (χ1n) is 9.49. The summed E-state index contributed by atoms with van der Waals surface area (Å²) in [5.41, 5.74) is 2.88. The van der Waals surface area contributed by atoms with Crippen LogP contribution in [0.2, 0.25) is 0 Å². The first kappa shape index (κ1) is 20.8. The van der Waals surface area contributed by atoms with Gasteiger partial charge in [-0.25, -0.2) is 4.79 Å². The number of rotatable bonds is 8. The fourth-order valence-electron chi connectivity index (χ4n) is 3.07. The normalized spacial score (nSPS) is 10.9. The number of aromatic nitrogens is 2. The number of carbonyl (C=O) groups excluding carboxylic acids is 2. The molecule has 29 heavy (non-hydrogen) atoms. The van der Waals surface area contributed by atoms with E-state index in [1.165, 1.54) is 11.3 Å². The number of nitrogens with zero attached hydrogens (tertiary/aromatic N) is 3. The Morgan fingerprint density at radius 3 is 2.66 bits per heavy atom. The first-order valence-corrected chi connectivity index (χ1v) is 10.3. The number of benzene rings is 1. The average Bonchev–Trinajstić information content (AvgIpc) is 3.26. The molecule has 0 radical (unpaired) electrons. The molecule has 0 aliphatic rings. The maximum Gasteiger partial charge on any atom is 0.348 e. The van der Waals surface area contributed by atoms with Crippen LogP contribution in [-0.4, -0.2) is 46.3 Å². The molecule has 7 heteroatoms. The van der Waals surface area contributed by atoms with Crippen LogP contribution >= 0.6 is 11.3 Å². The van der Waals surface area contributed by atoms with Gasteiger partial charge in [0.05, 0.1) is 12.2 Å². The lowest BCUT2D eigenvalue weighted by Gasteiger charge is -2.20. The van der Waals surface area contributed by atoms with Crippen LogP contribution in [0.15, 0.2) is 48.6 Å². The molecular formula is C22H25N3O3S. The van der Waals surface area contributed by atoms with E-state index in [4.69, 9.17) is 4.74 Å². The second-order valence-corrected chi connectivity index (χ2v) is 8.03. The van der Waals surface area contributed by atoms with E-state index < -0.39 is 5.97 Å². The van der Waals surface area contributed by atoms with Gasteiger partial charge < -0.3 is 9.64 Å². The lowest BCUT2D eigenvalue weighted by atomic mass is 10.2. The zero-order chi connectivity index (χ0) is 21.0. The second-order valence-electron chi connectivity index (χ2n) is 7.00. The zero-order valence-corrected chi connectivity index (χ0v) is 17.8. The van der Waals surface area contributed by atoms with E-state index in [-0.39, 0.29) is 12.5 Å². The van der Waals surface area contributed by atoms with Gasteiger partial charge in [0.25, 0.3) is 5.91 Å². The highest BCUT2D eigenvalue weighted by Crippen LogP contribution is 2.29. The summed E-state index contributed by atoms with van der Waals surface area (Å²) in [5.74, 6) is -0.715. The molecule has 0 aliphatic heterocycles. The molecular weight excluding hydrogens is 386 g/mol. The van der Waals surface area contributed by atoms with Crippen molar-refractivity contribution < 1.29 is 14.3 Å². The fourth-order valence-corrected chi connectivity index (χ4v) is 4.12. The van der Waals surface area contributed by atoms with Crippen molar-refractivity contribution in [1.82, 2.24) is 14.7 Å². The number of carbonyl (C=O) groups is 2. The molecule has 1 aromatic carbocycles. The predicted molar refractivity (Wildman–Crippen MR) is 115 cm³/mol. The molecule has 3 rings (SSSR count). The van der Waals surface area contributed by atoms with E-state index in [1.54, 1.807) is 11.0 Å². The molecule has 0 atom stereocenters. The number of amides is 1. The van der Waals surface area contributed by atoms with Crippen molar-refractivity contribution in [2.24, 2.45) is 0 Å². The topological polar surface area (TPSA) is 64.4 Å². The maximum atomic E-state index is 12.5. The molecule has 0 aliphatic carbocycles. The van der Waals surface area contributed by atoms with Gasteiger partial charge in [-0.1, -0.05) is 42.5 Å². The lowest BCUT2D eigenvalue weighted by Crippen LogP contribution is -2.35. The van der Waals surface area contributed by atoms with Crippen LogP contribution in [0.1, 0.15) is 34.8 Å². The van der Waals surface area contributed by atoms with Crippen molar-refractivity contribution in [3.05, 3.63) is 64.7 Å². The highest BCUT2D eigenvalue weighted by molar-refractivity contribution is 7.20. The molecule has 2 heterocycles. The van der Waals surface area contributed by atoms with Gasteiger partial charge in [-0.2, -0.15) is 5.10 Å². The Bertz CT molecular complexity index is 1040. The predicted octanol–water partition coefficient (Wildman–Crippen LogP) is 4.04. The number of ether oxygens (including phenoxy) is 1. The van der Waals surface area contributed by atoms with Crippen LogP contribution < -0.4 is 0 Å². The molecule has 0 saturated heterocycles. The van der Waals surface area contributed by atoms with Crippen LogP contribution in [-0.2, 0) is 16.1 Å². The third kappa shape index (κ3) is 4.92. The van der Waals surface area contributed by atoms with E-state index in [0.29, 0.717) is 24.5 Å². The quantitative estimate of drug-likeness (QED) is 0.415. The van der Waals surface area contributed by atoms with Gasteiger partial charge in [0.2, 0.25) is 0 Å². The average molecular weight is 412 g/mol. The van der Waals surface area contributed by atoms with Crippen LogP contribution in [0, 0.1) is 6.92 Å². The summed E-state index contributed by atoms with van der Waals surface area (Å²) in [5, 5.41) is 5.52. The Morgan fingerprint density at radius 1 is 1.28 bits per heavy atom. The molecule has 0 unspecified atom stereocenters. The second kappa shape index (κ2) is 9.05. The minimum absolute atomic E-state index is 0.226. The SMILES string of the molecule is C=C(C)CN(CC)C(=O)COC(=O)c1cc2c(C)nn(Cc3ccccc3)c2s1. The van der Waals surface area contributed by atoms with Gasteiger partial charge in [0, 0.05) is 18.5 Å². The molecule has 0 bridgehead atoms. The van der Waals surface area contributed by atoms with Gasteiger partial charge in [0.1, 0.15) is 9.71 Å². The Hall–Kier alpha value is -2.93. The highest BCUT2D eigenvalue weighted by Gasteiger charge is 2.20. The summed E-state index contributed by atoms with van der Waals surface area (Å²) in [4.78, 5) is 27.8. The van der Waals surface area contributed by atoms with Gasteiger partial charge >= 0.3 is 5.97 Å². The first-order chi connectivity index (χ1) is 13.9. The fraction of sp³-hybridized carbons (Fsp3) is 0.318. The summed E-state index contributed by atoms with van der Waals surface area (Å²) in [6, 6.07) is 11.8. The maximum absolute atomic E-state index is 12.5. The molecule has 3 aromatic rings. The van der Waals surface area contributed by atoms with Crippen LogP contribution in [0.5, 0.6) is 0 Å². The van der Waals surface area contributed by atoms with Gasteiger partial charge in [-0.15, -0.1) is 11.3 Å². The summed E-state index contributed by atoms with van der Waals surface area (Å²) in [6.07, 6.45) is 0. The van der Waals surface area contributed by atoms with Crippen molar-refractivity contribution in [2.75, 3.05) is 19.7 Å². The van der Waals surface area contributed by atoms with Crippen molar-refractivity contribution in [3.63, 3.8) is 0 Å². The van der Waals surface area contributed by atoms with E-state index in [1.807, 2.05) is 55.8 Å². The Labute approximate surface area is 174 Å². The summed E-state index contributed by atoms with van der Waals surface area (Å²) in [7, 11) is 0. The minimum atomic E-state index is -0.489. The van der Waals surface area contributed by atoms with Crippen molar-refractivity contribution in [3.8, 4) is 0 Å². The molecule has 152 valence electrons. The van der Waals surface area contributed by atoms with E-state index >= 15 is 0 Å². The van der Waals surface area contributed by atoms with Crippen molar-refractivity contribution >= 4 is 33.4 Å². The van der Waals surface area contributed by atoms with E-state index in [0.717, 1.165) is 27.0 Å². The third-order valence-corrected chi connectivity index (χ3v) is 5.63. The van der Waals surface area contributed by atoms with Crippen molar-refractivity contribution in [2.45, 2.75) is 27.3 Å². The van der Waals surface area contributed by atoms with Gasteiger partial charge in [-0.3, -0.25) is 9.48 Å². The molecule has 0 N–H and O–H groups in total.